The van der Waals surface area contributed by atoms with Crippen LogP contribution in [0.15, 0.2) is 53.5 Å². The van der Waals surface area contributed by atoms with Crippen LogP contribution >= 0.6 is 11.6 Å². The monoisotopic (exact) mass is 525 g/mol. The van der Waals surface area contributed by atoms with Gasteiger partial charge in [0.15, 0.2) is 0 Å². The topological polar surface area (TPSA) is 123 Å². The first-order valence-electron chi connectivity index (χ1n) is 11.8. The summed E-state index contributed by atoms with van der Waals surface area (Å²) in [5.74, 6) is -0.882. The average molecular weight is 526 g/mol. The number of hydrogen-bond acceptors (Lipinski definition) is 6. The van der Waals surface area contributed by atoms with Gasteiger partial charge in [-0.1, -0.05) is 23.7 Å². The first-order valence-corrected chi connectivity index (χ1v) is 12.2. The van der Waals surface area contributed by atoms with Crippen molar-refractivity contribution in [3.8, 4) is 0 Å². The number of likely N-dealkylation sites (tertiary alicyclic amines) is 1. The number of halogens is 1. The van der Waals surface area contributed by atoms with Crippen LogP contribution in [-0.2, 0) is 22.6 Å². The molecule has 2 aromatic heterocycles. The molecule has 0 unspecified atom stereocenters. The standard InChI is InChI=1S/C26H28ClN5O5/c1-26(2,3)37-25(36)30-19-13-31(14-19)21(33)15-32-22-17(5-4-10-28-22)11-20(24(32)35)23(34)29-12-16-6-8-18(27)9-7-16/h4-11,19H,12-15H2,1-3H3,(H,29,34)(H,30,36). The van der Waals surface area contributed by atoms with Crippen molar-refractivity contribution < 1.29 is 19.1 Å². The van der Waals surface area contributed by atoms with E-state index < -0.39 is 23.2 Å². The van der Waals surface area contributed by atoms with E-state index in [-0.39, 0.29) is 30.6 Å². The number of ether oxygens (including phenoxy) is 1. The fourth-order valence-electron chi connectivity index (χ4n) is 3.88. The van der Waals surface area contributed by atoms with Crippen LogP contribution in [-0.4, -0.2) is 57.1 Å². The number of alkyl carbamates (subject to hydrolysis) is 1. The molecule has 11 heteroatoms. The van der Waals surface area contributed by atoms with E-state index in [1.165, 1.54) is 21.7 Å². The molecule has 0 aliphatic carbocycles. The van der Waals surface area contributed by atoms with Crippen molar-refractivity contribution in [1.82, 2.24) is 25.1 Å². The van der Waals surface area contributed by atoms with Gasteiger partial charge < -0.3 is 20.3 Å². The Kier molecular flexibility index (Phi) is 7.49. The molecule has 10 nitrogen and oxygen atoms in total. The highest BCUT2D eigenvalue weighted by Gasteiger charge is 2.33. The van der Waals surface area contributed by atoms with Gasteiger partial charge in [-0.2, -0.15) is 0 Å². The summed E-state index contributed by atoms with van der Waals surface area (Å²) < 4.78 is 6.45. The summed E-state index contributed by atoms with van der Waals surface area (Å²) in [6.45, 7) is 5.81. The Morgan fingerprint density at radius 3 is 2.51 bits per heavy atom. The lowest BCUT2D eigenvalue weighted by molar-refractivity contribution is -0.136. The van der Waals surface area contributed by atoms with Crippen LogP contribution in [0, 0.1) is 0 Å². The summed E-state index contributed by atoms with van der Waals surface area (Å²) in [7, 11) is 0. The number of carbonyl (C=O) groups is 3. The molecule has 3 heterocycles. The molecule has 0 bridgehead atoms. The normalized spacial score (nSPS) is 13.7. The van der Waals surface area contributed by atoms with E-state index in [1.807, 2.05) is 0 Å². The van der Waals surface area contributed by atoms with Gasteiger partial charge in [0, 0.05) is 36.2 Å². The highest BCUT2D eigenvalue weighted by Crippen LogP contribution is 2.15. The lowest BCUT2D eigenvalue weighted by Gasteiger charge is -2.39. The van der Waals surface area contributed by atoms with Crippen LogP contribution < -0.4 is 16.2 Å². The van der Waals surface area contributed by atoms with Gasteiger partial charge in [0.05, 0.1) is 6.04 Å². The minimum absolute atomic E-state index is 0.0876. The number of pyridine rings is 2. The molecule has 1 saturated heterocycles. The third-order valence-corrected chi connectivity index (χ3v) is 5.96. The molecule has 1 aromatic carbocycles. The molecule has 0 spiro atoms. The average Bonchev–Trinajstić information content (AvgIpc) is 2.81. The minimum atomic E-state index is -0.620. The van der Waals surface area contributed by atoms with Gasteiger partial charge in [-0.25, -0.2) is 9.78 Å². The first kappa shape index (κ1) is 26.2. The highest BCUT2D eigenvalue weighted by molar-refractivity contribution is 6.30. The third-order valence-electron chi connectivity index (χ3n) is 5.71. The number of aromatic nitrogens is 2. The number of nitrogens with one attached hydrogen (secondary N) is 2. The third kappa shape index (κ3) is 6.45. The van der Waals surface area contributed by atoms with Gasteiger partial charge in [0.1, 0.15) is 23.4 Å². The SMILES string of the molecule is CC(C)(C)OC(=O)NC1CN(C(=O)Cn2c(=O)c(C(=O)NCc3ccc(Cl)cc3)cc3cccnc32)C1. The van der Waals surface area contributed by atoms with Gasteiger partial charge >= 0.3 is 6.09 Å². The van der Waals surface area contributed by atoms with Crippen LogP contribution in [0.25, 0.3) is 11.0 Å². The van der Waals surface area contributed by atoms with Crippen molar-refractivity contribution in [3.63, 3.8) is 0 Å². The zero-order valence-electron chi connectivity index (χ0n) is 20.8. The Hall–Kier alpha value is -3.92. The summed E-state index contributed by atoms with van der Waals surface area (Å²) in [6.07, 6.45) is 0.973. The first-order chi connectivity index (χ1) is 17.5. The maximum absolute atomic E-state index is 13.3. The van der Waals surface area contributed by atoms with E-state index >= 15 is 0 Å². The molecule has 1 fully saturated rings. The Bertz CT molecular complexity index is 1390. The molecule has 0 radical (unpaired) electrons. The van der Waals surface area contributed by atoms with Crippen LogP contribution in [0.3, 0.4) is 0 Å². The summed E-state index contributed by atoms with van der Waals surface area (Å²) in [5, 5.41) is 6.60. The molecule has 1 aliphatic heterocycles. The Morgan fingerprint density at radius 1 is 1.14 bits per heavy atom. The number of amides is 3. The number of fused-ring (bicyclic) bond motifs is 1. The zero-order chi connectivity index (χ0) is 26.7. The molecular weight excluding hydrogens is 498 g/mol. The zero-order valence-corrected chi connectivity index (χ0v) is 21.5. The maximum atomic E-state index is 13.3. The van der Waals surface area contributed by atoms with Crippen molar-refractivity contribution in [1.29, 1.82) is 0 Å². The predicted octanol–water partition coefficient (Wildman–Crippen LogP) is 2.72. The number of hydrogen-bond donors (Lipinski definition) is 2. The fourth-order valence-corrected chi connectivity index (χ4v) is 4.00. The summed E-state index contributed by atoms with van der Waals surface area (Å²) in [4.78, 5) is 56.9. The highest BCUT2D eigenvalue weighted by atomic mass is 35.5. The predicted molar refractivity (Wildman–Crippen MR) is 138 cm³/mol. The van der Waals surface area contributed by atoms with E-state index in [9.17, 15) is 19.2 Å². The number of benzene rings is 1. The molecule has 194 valence electrons. The molecule has 3 amide bonds. The van der Waals surface area contributed by atoms with Gasteiger partial charge in [-0.3, -0.25) is 19.0 Å². The van der Waals surface area contributed by atoms with Gasteiger partial charge in [0.2, 0.25) is 5.91 Å². The molecule has 0 saturated carbocycles. The summed E-state index contributed by atoms with van der Waals surface area (Å²) >= 11 is 5.90. The van der Waals surface area contributed by atoms with E-state index in [2.05, 4.69) is 15.6 Å². The Balaban J connectivity index is 1.46. The van der Waals surface area contributed by atoms with Crippen LogP contribution in [0.4, 0.5) is 4.79 Å². The number of carbonyl (C=O) groups excluding carboxylic acids is 3. The van der Waals surface area contributed by atoms with Crippen molar-refractivity contribution in [3.05, 3.63) is 75.2 Å². The largest absolute Gasteiger partial charge is 0.444 e. The van der Waals surface area contributed by atoms with Crippen molar-refractivity contribution >= 4 is 40.5 Å². The second kappa shape index (κ2) is 10.6. The molecule has 0 atom stereocenters. The van der Waals surface area contributed by atoms with Crippen molar-refractivity contribution in [2.45, 2.75) is 45.5 Å². The number of rotatable bonds is 6. The molecule has 3 aromatic rings. The van der Waals surface area contributed by atoms with Gasteiger partial charge in [-0.15, -0.1) is 0 Å². The Morgan fingerprint density at radius 2 is 1.84 bits per heavy atom. The number of nitrogens with zero attached hydrogens (tertiary/aromatic N) is 3. The lowest BCUT2D eigenvalue weighted by atomic mass is 10.1. The van der Waals surface area contributed by atoms with Crippen molar-refractivity contribution in [2.24, 2.45) is 0 Å². The van der Waals surface area contributed by atoms with E-state index in [1.54, 1.807) is 57.2 Å². The van der Waals surface area contributed by atoms with E-state index in [0.717, 1.165) is 5.56 Å². The fraction of sp³-hybridized carbons (Fsp3) is 0.346. The van der Waals surface area contributed by atoms with E-state index in [0.29, 0.717) is 29.1 Å². The van der Waals surface area contributed by atoms with Crippen molar-refractivity contribution in [2.75, 3.05) is 13.1 Å². The van der Waals surface area contributed by atoms with Gasteiger partial charge in [0.25, 0.3) is 11.5 Å². The quantitative estimate of drug-likeness (QED) is 0.510. The summed E-state index contributed by atoms with van der Waals surface area (Å²) in [5.41, 5.74) is -0.195. The molecule has 4 rings (SSSR count). The molecule has 37 heavy (non-hydrogen) atoms. The van der Waals surface area contributed by atoms with Crippen LogP contribution in [0.2, 0.25) is 5.02 Å². The second-order valence-corrected chi connectivity index (χ2v) is 10.3. The second-order valence-electron chi connectivity index (χ2n) is 9.82. The minimum Gasteiger partial charge on any atom is -0.444 e. The molecular formula is C26H28ClN5O5. The summed E-state index contributed by atoms with van der Waals surface area (Å²) in [6, 6.07) is 11.6. The lowest BCUT2D eigenvalue weighted by Crippen LogP contribution is -2.62. The molecule has 1 aliphatic rings. The van der Waals surface area contributed by atoms with Crippen LogP contribution in [0.5, 0.6) is 0 Å². The smallest absolute Gasteiger partial charge is 0.407 e. The maximum Gasteiger partial charge on any atom is 0.407 e. The molecule has 2 N–H and O–H groups in total. The van der Waals surface area contributed by atoms with Crippen LogP contribution in [0.1, 0.15) is 36.7 Å². The Labute approximate surface area is 218 Å². The van der Waals surface area contributed by atoms with E-state index in [4.69, 9.17) is 16.3 Å². The van der Waals surface area contributed by atoms with Gasteiger partial charge in [-0.05, 0) is 56.7 Å².